The van der Waals surface area contributed by atoms with Gasteiger partial charge < -0.3 is 20.5 Å². The first-order chi connectivity index (χ1) is 12.9. The number of anilines is 3. The number of aromatic carboxylic acids is 1. The van der Waals surface area contributed by atoms with E-state index >= 15 is 0 Å². The fourth-order valence-corrected chi connectivity index (χ4v) is 3.03. The predicted octanol–water partition coefficient (Wildman–Crippen LogP) is 3.51. The van der Waals surface area contributed by atoms with Crippen LogP contribution in [0.1, 0.15) is 24.2 Å². The summed E-state index contributed by atoms with van der Waals surface area (Å²) < 4.78 is 0. The Morgan fingerprint density at radius 1 is 1.00 bits per heavy atom. The van der Waals surface area contributed by atoms with Crippen molar-refractivity contribution in [3.05, 3.63) is 59.5 Å². The zero-order chi connectivity index (χ0) is 19.4. The fourth-order valence-electron chi connectivity index (χ4n) is 2.29. The highest BCUT2D eigenvalue weighted by atomic mass is 32.1. The third-order valence-electron chi connectivity index (χ3n) is 3.85. The molecule has 27 heavy (non-hydrogen) atoms. The summed E-state index contributed by atoms with van der Waals surface area (Å²) in [6.45, 7) is 3.69. The van der Waals surface area contributed by atoms with Gasteiger partial charge in [0.25, 0.3) is 0 Å². The number of rotatable bonds is 6. The molecule has 2 N–H and O–H groups in total. The Morgan fingerprint density at radius 3 is 2.22 bits per heavy atom. The molecule has 6 nitrogen and oxygen atoms in total. The van der Waals surface area contributed by atoms with E-state index in [1.165, 1.54) is 23.5 Å². The monoisotopic (exact) mass is 380 g/mol. The van der Waals surface area contributed by atoms with Crippen molar-refractivity contribution in [1.29, 1.82) is 0 Å². The first-order valence-corrected chi connectivity index (χ1v) is 9.25. The second kappa shape index (κ2) is 8.01. The van der Waals surface area contributed by atoms with E-state index in [4.69, 9.17) is 0 Å². The number of amides is 1. The molecule has 0 spiro atoms. The molecule has 0 radical (unpaired) electrons. The van der Waals surface area contributed by atoms with Gasteiger partial charge in [-0.3, -0.25) is 4.79 Å². The van der Waals surface area contributed by atoms with Crippen molar-refractivity contribution in [2.45, 2.75) is 13.8 Å². The van der Waals surface area contributed by atoms with Crippen molar-refractivity contribution in [3.63, 3.8) is 0 Å². The van der Waals surface area contributed by atoms with Crippen LogP contribution in [0.4, 0.5) is 16.5 Å². The molecule has 0 aliphatic rings. The number of carboxylic acids is 1. The first kappa shape index (κ1) is 18.6. The van der Waals surface area contributed by atoms with E-state index < -0.39 is 5.97 Å². The number of nitrogens with one attached hydrogen (secondary N) is 2. The summed E-state index contributed by atoms with van der Waals surface area (Å²) in [5, 5.41) is 19.4. The molecule has 3 rings (SSSR count). The van der Waals surface area contributed by atoms with Crippen LogP contribution in [-0.4, -0.2) is 16.9 Å². The number of benzene rings is 2. The summed E-state index contributed by atoms with van der Waals surface area (Å²) in [5.74, 6) is -1.30. The SMILES string of the molecule is CC(C)C(=O)Nc1ccc(-c2csc(Nc3ccc(C(=O)[O-])cc3)n2)cc1. The molecule has 0 aliphatic heterocycles. The Morgan fingerprint density at radius 2 is 1.63 bits per heavy atom. The highest BCUT2D eigenvalue weighted by Crippen LogP contribution is 2.28. The maximum absolute atomic E-state index is 11.7. The van der Waals surface area contributed by atoms with Gasteiger partial charge in [-0.15, -0.1) is 11.3 Å². The lowest BCUT2D eigenvalue weighted by atomic mass is 10.1. The standard InChI is InChI=1S/C20H19N3O3S/c1-12(2)18(24)21-15-7-3-13(4-8-15)17-11-27-20(23-17)22-16-9-5-14(6-10-16)19(25)26/h3-12H,1-2H3,(H,21,24)(H,22,23)(H,25,26)/p-1. The van der Waals surface area contributed by atoms with Crippen LogP contribution in [0.15, 0.2) is 53.9 Å². The molecule has 0 aliphatic carbocycles. The lowest BCUT2D eigenvalue weighted by Crippen LogP contribution is -2.21. The second-order valence-corrected chi connectivity index (χ2v) is 7.11. The molecule has 3 aromatic rings. The molecular weight excluding hydrogens is 362 g/mol. The van der Waals surface area contributed by atoms with E-state index in [0.717, 1.165) is 22.6 Å². The average molecular weight is 380 g/mol. The largest absolute Gasteiger partial charge is 0.545 e. The van der Waals surface area contributed by atoms with Gasteiger partial charge in [-0.2, -0.15) is 0 Å². The van der Waals surface area contributed by atoms with E-state index in [-0.39, 0.29) is 17.4 Å². The molecule has 2 aromatic carbocycles. The quantitative estimate of drug-likeness (QED) is 0.682. The Bertz CT molecular complexity index is 947. The second-order valence-electron chi connectivity index (χ2n) is 6.25. The molecule has 1 heterocycles. The van der Waals surface area contributed by atoms with E-state index in [0.29, 0.717) is 5.13 Å². The molecule has 0 fully saturated rings. The summed E-state index contributed by atoms with van der Waals surface area (Å²) in [6.07, 6.45) is 0. The van der Waals surface area contributed by atoms with E-state index in [9.17, 15) is 14.7 Å². The van der Waals surface area contributed by atoms with Gasteiger partial charge in [-0.25, -0.2) is 4.98 Å². The smallest absolute Gasteiger partial charge is 0.226 e. The Hall–Kier alpha value is -3.19. The van der Waals surface area contributed by atoms with Crippen LogP contribution >= 0.6 is 11.3 Å². The predicted molar refractivity (Wildman–Crippen MR) is 105 cm³/mol. The topological polar surface area (TPSA) is 94.2 Å². The minimum Gasteiger partial charge on any atom is -0.545 e. The summed E-state index contributed by atoms with van der Waals surface area (Å²) in [4.78, 5) is 27.1. The molecular formula is C20H18N3O3S-. The zero-order valence-corrected chi connectivity index (χ0v) is 15.7. The highest BCUT2D eigenvalue weighted by Gasteiger charge is 2.08. The van der Waals surface area contributed by atoms with Gasteiger partial charge in [0.05, 0.1) is 11.7 Å². The van der Waals surface area contributed by atoms with E-state index in [1.807, 2.05) is 43.5 Å². The Labute approximate surface area is 160 Å². The van der Waals surface area contributed by atoms with Crippen LogP contribution in [0.5, 0.6) is 0 Å². The van der Waals surface area contributed by atoms with Crippen LogP contribution in [0.25, 0.3) is 11.3 Å². The van der Waals surface area contributed by atoms with Crippen molar-refractivity contribution >= 4 is 39.7 Å². The summed E-state index contributed by atoms with van der Waals surface area (Å²) in [7, 11) is 0. The van der Waals surface area contributed by atoms with E-state index in [2.05, 4.69) is 15.6 Å². The molecule has 0 bridgehead atoms. The van der Waals surface area contributed by atoms with Gasteiger partial charge >= 0.3 is 0 Å². The molecule has 0 atom stereocenters. The molecule has 1 amide bonds. The highest BCUT2D eigenvalue weighted by molar-refractivity contribution is 7.14. The number of carbonyl (C=O) groups is 2. The minimum atomic E-state index is -1.20. The first-order valence-electron chi connectivity index (χ1n) is 8.37. The fraction of sp³-hybridized carbons (Fsp3) is 0.150. The molecule has 1 aromatic heterocycles. The molecule has 0 saturated heterocycles. The maximum Gasteiger partial charge on any atom is 0.226 e. The number of hydrogen-bond donors (Lipinski definition) is 2. The van der Waals surface area contributed by atoms with Crippen LogP contribution in [0.2, 0.25) is 0 Å². The average Bonchev–Trinajstić information content (AvgIpc) is 3.11. The normalized spacial score (nSPS) is 10.6. The van der Waals surface area contributed by atoms with Crippen LogP contribution < -0.4 is 15.7 Å². The lowest BCUT2D eigenvalue weighted by Gasteiger charge is -2.08. The number of carboxylic acid groups (broad SMARTS) is 1. The van der Waals surface area contributed by atoms with Gasteiger partial charge in [0.15, 0.2) is 5.13 Å². The molecule has 0 saturated carbocycles. The van der Waals surface area contributed by atoms with Gasteiger partial charge in [-0.1, -0.05) is 38.1 Å². The number of carbonyl (C=O) groups excluding carboxylic acids is 2. The van der Waals surface area contributed by atoms with Crippen molar-refractivity contribution in [3.8, 4) is 11.3 Å². The van der Waals surface area contributed by atoms with Crippen LogP contribution in [0.3, 0.4) is 0 Å². The maximum atomic E-state index is 11.7. The lowest BCUT2D eigenvalue weighted by molar-refractivity contribution is -0.255. The summed E-state index contributed by atoms with van der Waals surface area (Å²) in [5.41, 5.74) is 3.38. The molecule has 7 heteroatoms. The van der Waals surface area contributed by atoms with Gasteiger partial charge in [-0.05, 0) is 29.8 Å². The Kier molecular flexibility index (Phi) is 5.52. The third-order valence-corrected chi connectivity index (χ3v) is 4.61. The van der Waals surface area contributed by atoms with Gasteiger partial charge in [0.2, 0.25) is 5.91 Å². The number of thiazole rings is 1. The van der Waals surface area contributed by atoms with E-state index in [1.54, 1.807) is 12.1 Å². The minimum absolute atomic E-state index is 0.0207. The van der Waals surface area contributed by atoms with Crippen molar-refractivity contribution in [2.24, 2.45) is 5.92 Å². The molecule has 0 unspecified atom stereocenters. The van der Waals surface area contributed by atoms with Crippen molar-refractivity contribution in [2.75, 3.05) is 10.6 Å². The third kappa shape index (κ3) is 4.71. The van der Waals surface area contributed by atoms with Crippen molar-refractivity contribution < 1.29 is 14.7 Å². The van der Waals surface area contributed by atoms with Crippen LogP contribution in [0, 0.1) is 5.92 Å². The zero-order valence-electron chi connectivity index (χ0n) is 14.9. The van der Waals surface area contributed by atoms with Gasteiger partial charge in [0.1, 0.15) is 0 Å². The number of aromatic nitrogens is 1. The van der Waals surface area contributed by atoms with Crippen molar-refractivity contribution in [1.82, 2.24) is 4.98 Å². The summed E-state index contributed by atoms with van der Waals surface area (Å²) >= 11 is 1.45. The number of nitrogens with zero attached hydrogens (tertiary/aromatic N) is 1. The Balaban J connectivity index is 1.68. The van der Waals surface area contributed by atoms with Gasteiger partial charge in [0, 0.05) is 28.2 Å². The number of hydrogen-bond acceptors (Lipinski definition) is 6. The van der Waals surface area contributed by atoms with Crippen LogP contribution in [-0.2, 0) is 4.79 Å². The summed E-state index contributed by atoms with van der Waals surface area (Å²) in [6, 6.07) is 13.8. The molecule has 138 valence electrons.